The minimum absolute atomic E-state index is 0.358. The van der Waals surface area contributed by atoms with Crippen molar-refractivity contribution in [2.75, 3.05) is 17.7 Å². The Morgan fingerprint density at radius 1 is 0.971 bits per heavy atom. The van der Waals surface area contributed by atoms with Gasteiger partial charge in [-0.3, -0.25) is 9.78 Å². The molecule has 0 aliphatic rings. The molecule has 35 heavy (non-hydrogen) atoms. The van der Waals surface area contributed by atoms with Crippen LogP contribution in [0.2, 0.25) is 0 Å². The smallest absolute Gasteiger partial charge is 0.330 e. The third kappa shape index (κ3) is 6.11. The molecule has 0 atom stereocenters. The normalized spacial score (nSPS) is 10.7. The molecule has 4 rings (SSSR count). The summed E-state index contributed by atoms with van der Waals surface area (Å²) in [6.07, 6.45) is 8.98. The maximum atomic E-state index is 14.1. The molecule has 3 aromatic heterocycles. The van der Waals surface area contributed by atoms with Crippen molar-refractivity contribution >= 4 is 35.3 Å². The number of benzene rings is 1. The number of aromatic nitrogens is 3. The summed E-state index contributed by atoms with van der Waals surface area (Å²) in [6, 6.07) is 14.6. The van der Waals surface area contributed by atoms with Gasteiger partial charge in [0.25, 0.3) is 5.91 Å². The lowest BCUT2D eigenvalue weighted by atomic mass is 10.1. The van der Waals surface area contributed by atoms with Crippen molar-refractivity contribution in [2.24, 2.45) is 0 Å². The zero-order valence-corrected chi connectivity index (χ0v) is 18.6. The summed E-state index contributed by atoms with van der Waals surface area (Å²) in [5.41, 5.74) is 2.45. The first-order valence-electron chi connectivity index (χ1n) is 10.5. The summed E-state index contributed by atoms with van der Waals surface area (Å²) in [4.78, 5) is 36.6. The summed E-state index contributed by atoms with van der Waals surface area (Å²) < 4.78 is 18.7. The number of esters is 1. The monoisotopic (exact) mass is 469 g/mol. The largest absolute Gasteiger partial charge is 0.466 e. The van der Waals surface area contributed by atoms with Crippen LogP contribution in [0.3, 0.4) is 0 Å². The molecule has 8 nitrogen and oxygen atoms in total. The summed E-state index contributed by atoms with van der Waals surface area (Å²) in [7, 11) is 1.30. The number of nitrogens with one attached hydrogen (secondary N) is 2. The molecule has 1 amide bonds. The number of hydrogen-bond acceptors (Lipinski definition) is 7. The average molecular weight is 469 g/mol. The molecular weight excluding hydrogens is 449 g/mol. The lowest BCUT2D eigenvalue weighted by Crippen LogP contribution is -2.12. The fourth-order valence-corrected chi connectivity index (χ4v) is 3.14. The van der Waals surface area contributed by atoms with E-state index in [-0.39, 0.29) is 11.7 Å². The average Bonchev–Trinajstić information content (AvgIpc) is 2.88. The van der Waals surface area contributed by atoms with E-state index in [1.165, 1.54) is 37.8 Å². The Morgan fingerprint density at radius 3 is 2.60 bits per heavy atom. The van der Waals surface area contributed by atoms with Gasteiger partial charge in [0.1, 0.15) is 17.5 Å². The van der Waals surface area contributed by atoms with E-state index in [1.54, 1.807) is 60.8 Å². The molecule has 0 radical (unpaired) electrons. The number of hydrogen-bond donors (Lipinski definition) is 2. The molecule has 174 valence electrons. The second-order valence-corrected chi connectivity index (χ2v) is 7.28. The van der Waals surface area contributed by atoms with E-state index >= 15 is 0 Å². The van der Waals surface area contributed by atoms with Gasteiger partial charge in [-0.05, 0) is 48.0 Å². The standard InChI is InChI=1S/C26H20FN5O3/c1-35-25(33)9-7-17-6-8-23(30-14-17)32-24-13-18(10-11-29-24)26(34)31-20-12-19(15-28-16-20)21-4-2-3-5-22(21)27/h2-16H,1H3,(H,31,34)(H,29,30,32)/b9-7+. The van der Waals surface area contributed by atoms with Gasteiger partial charge >= 0.3 is 5.97 Å². The van der Waals surface area contributed by atoms with Crippen molar-refractivity contribution in [3.63, 3.8) is 0 Å². The van der Waals surface area contributed by atoms with Crippen LogP contribution >= 0.6 is 0 Å². The van der Waals surface area contributed by atoms with E-state index in [0.717, 1.165) is 0 Å². The van der Waals surface area contributed by atoms with E-state index in [9.17, 15) is 14.0 Å². The van der Waals surface area contributed by atoms with E-state index in [0.29, 0.717) is 39.6 Å². The van der Waals surface area contributed by atoms with E-state index < -0.39 is 5.97 Å². The van der Waals surface area contributed by atoms with Crippen LogP contribution in [0, 0.1) is 5.82 Å². The van der Waals surface area contributed by atoms with Gasteiger partial charge in [-0.2, -0.15) is 0 Å². The van der Waals surface area contributed by atoms with E-state index in [4.69, 9.17) is 0 Å². The fourth-order valence-electron chi connectivity index (χ4n) is 3.14. The molecule has 0 bridgehead atoms. The van der Waals surface area contributed by atoms with E-state index in [1.807, 2.05) is 0 Å². The molecule has 9 heteroatoms. The Balaban J connectivity index is 1.44. The predicted molar refractivity (Wildman–Crippen MR) is 130 cm³/mol. The second kappa shape index (κ2) is 10.8. The lowest BCUT2D eigenvalue weighted by Gasteiger charge is -2.09. The van der Waals surface area contributed by atoms with Gasteiger partial charge in [0.05, 0.1) is 19.0 Å². The quantitative estimate of drug-likeness (QED) is 0.294. The number of carbonyl (C=O) groups excluding carboxylic acids is 2. The number of halogens is 1. The van der Waals surface area contributed by atoms with Gasteiger partial charge in [-0.1, -0.05) is 18.2 Å². The van der Waals surface area contributed by atoms with Gasteiger partial charge in [0, 0.05) is 41.4 Å². The minimum Gasteiger partial charge on any atom is -0.466 e. The number of amides is 1. The SMILES string of the molecule is COC(=O)/C=C/c1ccc(Nc2cc(C(=O)Nc3cncc(-c4ccccc4F)c3)ccn2)nc1. The minimum atomic E-state index is -0.457. The summed E-state index contributed by atoms with van der Waals surface area (Å²) in [6.45, 7) is 0. The number of carbonyl (C=O) groups is 2. The molecule has 0 saturated heterocycles. The van der Waals surface area contributed by atoms with Crippen molar-refractivity contribution < 1.29 is 18.7 Å². The highest BCUT2D eigenvalue weighted by molar-refractivity contribution is 6.04. The van der Waals surface area contributed by atoms with Gasteiger partial charge in [0.15, 0.2) is 0 Å². The molecule has 0 aliphatic carbocycles. The first kappa shape index (κ1) is 23.2. The van der Waals surface area contributed by atoms with Crippen LogP contribution in [0.1, 0.15) is 15.9 Å². The van der Waals surface area contributed by atoms with E-state index in [2.05, 4.69) is 30.3 Å². The number of methoxy groups -OCH3 is 1. The highest BCUT2D eigenvalue weighted by Crippen LogP contribution is 2.24. The van der Waals surface area contributed by atoms with Gasteiger partial charge < -0.3 is 15.4 Å². The third-order valence-corrected chi connectivity index (χ3v) is 4.86. The van der Waals surface area contributed by atoms with Crippen LogP contribution in [-0.2, 0) is 9.53 Å². The number of rotatable bonds is 7. The number of nitrogens with zero attached hydrogens (tertiary/aromatic N) is 3. The molecular formula is C26H20FN5O3. The number of ether oxygens (including phenoxy) is 1. The fraction of sp³-hybridized carbons (Fsp3) is 0.0385. The Labute approximate surface area is 200 Å². The van der Waals surface area contributed by atoms with Crippen molar-refractivity contribution in [2.45, 2.75) is 0 Å². The Kier molecular flexibility index (Phi) is 7.17. The first-order valence-corrected chi connectivity index (χ1v) is 10.5. The van der Waals surface area contributed by atoms with Gasteiger partial charge in [0.2, 0.25) is 0 Å². The van der Waals surface area contributed by atoms with Gasteiger partial charge in [-0.25, -0.2) is 19.2 Å². The molecule has 3 heterocycles. The highest BCUT2D eigenvalue weighted by Gasteiger charge is 2.11. The van der Waals surface area contributed by atoms with Crippen molar-refractivity contribution in [3.05, 3.63) is 102 Å². The highest BCUT2D eigenvalue weighted by atomic mass is 19.1. The Hall–Kier alpha value is -4.92. The van der Waals surface area contributed by atoms with Crippen LogP contribution in [-0.4, -0.2) is 33.9 Å². The second-order valence-electron chi connectivity index (χ2n) is 7.28. The number of pyridine rings is 3. The molecule has 1 aromatic carbocycles. The third-order valence-electron chi connectivity index (χ3n) is 4.86. The van der Waals surface area contributed by atoms with Crippen LogP contribution in [0.25, 0.3) is 17.2 Å². The zero-order chi connectivity index (χ0) is 24.6. The summed E-state index contributed by atoms with van der Waals surface area (Å²) in [5.74, 6) is -0.280. The Morgan fingerprint density at radius 2 is 1.83 bits per heavy atom. The maximum Gasteiger partial charge on any atom is 0.330 e. The Bertz CT molecular complexity index is 1390. The molecule has 0 saturated carbocycles. The van der Waals surface area contributed by atoms with Gasteiger partial charge in [-0.15, -0.1) is 0 Å². The summed E-state index contributed by atoms with van der Waals surface area (Å²) >= 11 is 0. The summed E-state index contributed by atoms with van der Waals surface area (Å²) in [5, 5.41) is 5.81. The number of anilines is 3. The van der Waals surface area contributed by atoms with Crippen molar-refractivity contribution in [3.8, 4) is 11.1 Å². The van der Waals surface area contributed by atoms with Crippen LogP contribution in [0.4, 0.5) is 21.7 Å². The van der Waals surface area contributed by atoms with Crippen molar-refractivity contribution in [1.29, 1.82) is 0 Å². The molecule has 0 spiro atoms. The predicted octanol–water partition coefficient (Wildman–Crippen LogP) is 4.86. The van der Waals surface area contributed by atoms with Crippen LogP contribution in [0.15, 0.2) is 85.5 Å². The molecule has 2 N–H and O–H groups in total. The van der Waals surface area contributed by atoms with Crippen LogP contribution < -0.4 is 10.6 Å². The molecule has 4 aromatic rings. The zero-order valence-electron chi connectivity index (χ0n) is 18.6. The van der Waals surface area contributed by atoms with Crippen molar-refractivity contribution in [1.82, 2.24) is 15.0 Å². The topological polar surface area (TPSA) is 106 Å². The molecule has 0 fully saturated rings. The molecule has 0 aliphatic heterocycles. The first-order chi connectivity index (χ1) is 17.0. The molecule has 0 unspecified atom stereocenters. The maximum absolute atomic E-state index is 14.1. The van der Waals surface area contributed by atoms with Crippen LogP contribution in [0.5, 0.6) is 0 Å². The lowest BCUT2D eigenvalue weighted by molar-refractivity contribution is -0.134.